The molecule has 3 rings (SSSR count). The van der Waals surface area contributed by atoms with Gasteiger partial charge in [0.2, 0.25) is 5.95 Å². The predicted octanol–water partition coefficient (Wildman–Crippen LogP) is 3.27. The maximum Gasteiger partial charge on any atom is 0.245 e. The van der Waals surface area contributed by atoms with E-state index in [-0.39, 0.29) is 12.4 Å². The maximum absolute atomic E-state index is 13.5. The number of halogens is 1. The van der Waals surface area contributed by atoms with Crippen molar-refractivity contribution in [3.8, 4) is 5.75 Å². The minimum atomic E-state index is -0.265. The normalized spacial score (nSPS) is 11.0. The standard InChI is InChI=1S/C16H13FN4O/c17-15-4-2-1-3-13(15)10-22-14-7-5-12(6-8-14)9-18-16-19-11-20-21-16/h1-9,11H,10H2,(H,19,20,21). The van der Waals surface area contributed by atoms with Gasteiger partial charge in [-0.3, -0.25) is 0 Å². The fourth-order valence-corrected chi connectivity index (χ4v) is 1.82. The first-order chi connectivity index (χ1) is 10.8. The monoisotopic (exact) mass is 296 g/mol. The maximum atomic E-state index is 13.5. The van der Waals surface area contributed by atoms with E-state index >= 15 is 0 Å². The second kappa shape index (κ2) is 6.62. The van der Waals surface area contributed by atoms with Gasteiger partial charge in [0, 0.05) is 11.8 Å². The number of rotatable bonds is 5. The van der Waals surface area contributed by atoms with Crippen LogP contribution in [0.15, 0.2) is 59.9 Å². The van der Waals surface area contributed by atoms with E-state index in [1.165, 1.54) is 12.4 Å². The van der Waals surface area contributed by atoms with Gasteiger partial charge in [-0.2, -0.15) is 10.1 Å². The smallest absolute Gasteiger partial charge is 0.245 e. The molecule has 5 nitrogen and oxygen atoms in total. The molecule has 1 N–H and O–H groups in total. The lowest BCUT2D eigenvalue weighted by Gasteiger charge is -2.07. The number of benzene rings is 2. The lowest BCUT2D eigenvalue weighted by Crippen LogP contribution is -1.98. The average molecular weight is 296 g/mol. The molecule has 1 aromatic heterocycles. The van der Waals surface area contributed by atoms with Crippen LogP contribution in [0, 0.1) is 5.82 Å². The van der Waals surface area contributed by atoms with E-state index < -0.39 is 0 Å². The van der Waals surface area contributed by atoms with Crippen molar-refractivity contribution in [2.75, 3.05) is 0 Å². The molecule has 0 aliphatic carbocycles. The lowest BCUT2D eigenvalue weighted by atomic mass is 10.2. The summed E-state index contributed by atoms with van der Waals surface area (Å²) in [7, 11) is 0. The van der Waals surface area contributed by atoms with E-state index in [0.29, 0.717) is 17.3 Å². The van der Waals surface area contributed by atoms with Gasteiger partial charge in [-0.1, -0.05) is 18.2 Å². The number of nitrogens with zero attached hydrogens (tertiary/aromatic N) is 3. The van der Waals surface area contributed by atoms with Gasteiger partial charge in [-0.15, -0.1) is 0 Å². The highest BCUT2D eigenvalue weighted by atomic mass is 19.1. The largest absolute Gasteiger partial charge is 0.489 e. The molecule has 0 saturated carbocycles. The summed E-state index contributed by atoms with van der Waals surface area (Å²) in [5.74, 6) is 0.846. The molecule has 22 heavy (non-hydrogen) atoms. The molecule has 0 unspecified atom stereocenters. The van der Waals surface area contributed by atoms with Crippen LogP contribution >= 0.6 is 0 Å². The number of aromatic amines is 1. The van der Waals surface area contributed by atoms with Crippen molar-refractivity contribution in [2.45, 2.75) is 6.61 Å². The highest BCUT2D eigenvalue weighted by molar-refractivity contribution is 5.81. The molecule has 0 spiro atoms. The Hall–Kier alpha value is -3.02. The van der Waals surface area contributed by atoms with Crippen molar-refractivity contribution in [2.24, 2.45) is 4.99 Å². The molecule has 2 aromatic carbocycles. The Bertz CT molecular complexity index is 754. The Kier molecular flexibility index (Phi) is 4.20. The number of aliphatic imine (C=N–C) groups is 1. The van der Waals surface area contributed by atoms with Crippen LogP contribution in [0.25, 0.3) is 0 Å². The fourth-order valence-electron chi connectivity index (χ4n) is 1.82. The summed E-state index contributed by atoms with van der Waals surface area (Å²) in [6.45, 7) is 0.193. The summed E-state index contributed by atoms with van der Waals surface area (Å²) in [5, 5.41) is 6.35. The zero-order chi connectivity index (χ0) is 15.2. The van der Waals surface area contributed by atoms with E-state index in [9.17, 15) is 4.39 Å². The van der Waals surface area contributed by atoms with E-state index in [2.05, 4.69) is 20.2 Å². The fraction of sp³-hybridized carbons (Fsp3) is 0.0625. The third-order valence-corrected chi connectivity index (χ3v) is 2.97. The van der Waals surface area contributed by atoms with Gasteiger partial charge >= 0.3 is 0 Å². The second-order valence-electron chi connectivity index (χ2n) is 4.52. The first-order valence-electron chi connectivity index (χ1n) is 6.67. The number of hydrogen-bond acceptors (Lipinski definition) is 4. The minimum absolute atomic E-state index is 0.193. The van der Waals surface area contributed by atoms with Crippen LogP contribution in [0.2, 0.25) is 0 Å². The van der Waals surface area contributed by atoms with Gasteiger partial charge in [-0.05, 0) is 35.9 Å². The Morgan fingerprint density at radius 3 is 2.68 bits per heavy atom. The van der Waals surface area contributed by atoms with Crippen LogP contribution in [-0.4, -0.2) is 21.4 Å². The summed E-state index contributed by atoms with van der Waals surface area (Å²) in [4.78, 5) is 8.02. The molecule has 1 heterocycles. The molecule has 0 aliphatic rings. The summed E-state index contributed by atoms with van der Waals surface area (Å²) >= 11 is 0. The zero-order valence-corrected chi connectivity index (χ0v) is 11.6. The molecule has 0 amide bonds. The first-order valence-corrected chi connectivity index (χ1v) is 6.67. The van der Waals surface area contributed by atoms with Gasteiger partial charge < -0.3 is 4.74 Å². The molecular weight excluding hydrogens is 283 g/mol. The van der Waals surface area contributed by atoms with Gasteiger partial charge in [0.05, 0.1) is 0 Å². The van der Waals surface area contributed by atoms with Crippen molar-refractivity contribution < 1.29 is 9.13 Å². The molecule has 3 aromatic rings. The van der Waals surface area contributed by atoms with E-state index in [1.54, 1.807) is 24.4 Å². The van der Waals surface area contributed by atoms with Crippen LogP contribution in [-0.2, 0) is 6.61 Å². The van der Waals surface area contributed by atoms with Crippen molar-refractivity contribution in [1.29, 1.82) is 0 Å². The molecular formula is C16H13FN4O. The first kappa shape index (κ1) is 13.9. The van der Waals surface area contributed by atoms with Crippen LogP contribution < -0.4 is 4.74 Å². The van der Waals surface area contributed by atoms with Crippen molar-refractivity contribution in [3.05, 3.63) is 71.8 Å². The molecule has 0 atom stereocenters. The third kappa shape index (κ3) is 3.54. The Morgan fingerprint density at radius 1 is 1.14 bits per heavy atom. The number of ether oxygens (including phenoxy) is 1. The second-order valence-corrected chi connectivity index (χ2v) is 4.52. The Labute approximate surface area is 126 Å². The average Bonchev–Trinajstić information content (AvgIpc) is 3.07. The molecule has 0 saturated heterocycles. The number of hydrogen-bond donors (Lipinski definition) is 1. The molecule has 0 radical (unpaired) electrons. The third-order valence-electron chi connectivity index (χ3n) is 2.97. The number of nitrogens with one attached hydrogen (secondary N) is 1. The quantitative estimate of drug-likeness (QED) is 0.735. The van der Waals surface area contributed by atoms with Crippen LogP contribution in [0.1, 0.15) is 11.1 Å². The van der Waals surface area contributed by atoms with Crippen molar-refractivity contribution in [3.63, 3.8) is 0 Å². The highest BCUT2D eigenvalue weighted by Gasteiger charge is 2.01. The molecule has 0 fully saturated rings. The Morgan fingerprint density at radius 2 is 1.95 bits per heavy atom. The van der Waals surface area contributed by atoms with Gasteiger partial charge in [0.15, 0.2) is 0 Å². The molecule has 110 valence electrons. The number of H-pyrrole nitrogens is 1. The zero-order valence-electron chi connectivity index (χ0n) is 11.6. The van der Waals surface area contributed by atoms with Gasteiger partial charge in [0.25, 0.3) is 0 Å². The molecule has 6 heteroatoms. The van der Waals surface area contributed by atoms with E-state index in [4.69, 9.17) is 4.74 Å². The topological polar surface area (TPSA) is 63.2 Å². The SMILES string of the molecule is Fc1ccccc1COc1ccc(C=Nc2ncn[nH]2)cc1. The van der Waals surface area contributed by atoms with Gasteiger partial charge in [-0.25, -0.2) is 14.5 Å². The summed E-state index contributed by atoms with van der Waals surface area (Å²) in [6, 6.07) is 13.9. The number of aromatic nitrogens is 3. The van der Waals surface area contributed by atoms with Crippen molar-refractivity contribution >= 4 is 12.2 Å². The molecule has 0 aliphatic heterocycles. The lowest BCUT2D eigenvalue weighted by molar-refractivity contribution is 0.300. The minimum Gasteiger partial charge on any atom is -0.489 e. The van der Waals surface area contributed by atoms with Crippen LogP contribution in [0.5, 0.6) is 5.75 Å². The summed E-state index contributed by atoms with van der Waals surface area (Å²) < 4.78 is 19.0. The highest BCUT2D eigenvalue weighted by Crippen LogP contribution is 2.15. The van der Waals surface area contributed by atoms with E-state index in [0.717, 1.165) is 5.56 Å². The predicted molar refractivity (Wildman–Crippen MR) is 80.8 cm³/mol. The summed E-state index contributed by atoms with van der Waals surface area (Å²) in [6.07, 6.45) is 3.06. The van der Waals surface area contributed by atoms with E-state index in [1.807, 2.05) is 24.3 Å². The molecule has 0 bridgehead atoms. The Balaban J connectivity index is 1.61. The summed E-state index contributed by atoms with van der Waals surface area (Å²) in [5.41, 5.74) is 1.42. The van der Waals surface area contributed by atoms with Crippen LogP contribution in [0.4, 0.5) is 10.3 Å². The van der Waals surface area contributed by atoms with Gasteiger partial charge in [0.1, 0.15) is 24.5 Å². The van der Waals surface area contributed by atoms with Crippen molar-refractivity contribution in [1.82, 2.24) is 15.2 Å². The van der Waals surface area contributed by atoms with Crippen LogP contribution in [0.3, 0.4) is 0 Å².